The summed E-state index contributed by atoms with van der Waals surface area (Å²) in [4.78, 5) is 4.49. The number of methoxy groups -OCH3 is 1. The molecule has 1 fully saturated rings. The molecule has 4 heteroatoms. The quantitative estimate of drug-likeness (QED) is 0.926. The van der Waals surface area contributed by atoms with Crippen molar-refractivity contribution in [1.29, 1.82) is 0 Å². The number of fused-ring (bicyclic) bond motifs is 1. The van der Waals surface area contributed by atoms with Crippen molar-refractivity contribution >= 4 is 17.0 Å². The summed E-state index contributed by atoms with van der Waals surface area (Å²) in [6.45, 7) is 3.28. The smallest absolute Gasteiger partial charge is 0.201 e. The highest BCUT2D eigenvalue weighted by Crippen LogP contribution is 2.43. The van der Waals surface area contributed by atoms with Crippen LogP contribution < -0.4 is 10.5 Å². The topological polar surface area (TPSA) is 53.1 Å². The van der Waals surface area contributed by atoms with Crippen molar-refractivity contribution in [2.24, 2.45) is 5.41 Å². The molecule has 2 aromatic rings. The van der Waals surface area contributed by atoms with E-state index in [9.17, 15) is 0 Å². The minimum absolute atomic E-state index is 0.404. The van der Waals surface area contributed by atoms with Crippen LogP contribution in [-0.2, 0) is 6.54 Å². The molecular formula is C16H23N3O. The highest BCUT2D eigenvalue weighted by molar-refractivity contribution is 5.79. The molecule has 1 aromatic carbocycles. The fraction of sp³-hybridized carbons (Fsp3) is 0.562. The number of rotatable bonds is 4. The molecule has 1 heterocycles. The van der Waals surface area contributed by atoms with E-state index >= 15 is 0 Å². The van der Waals surface area contributed by atoms with E-state index in [0.29, 0.717) is 11.4 Å². The Morgan fingerprint density at radius 2 is 2.10 bits per heavy atom. The van der Waals surface area contributed by atoms with Crippen LogP contribution in [-0.4, -0.2) is 16.7 Å². The van der Waals surface area contributed by atoms with Crippen LogP contribution in [0.25, 0.3) is 11.0 Å². The molecule has 0 spiro atoms. The Labute approximate surface area is 119 Å². The SMILES string of the molecule is CCC1(Cn2c(N)nc3cc(OC)ccc32)CCCC1. The van der Waals surface area contributed by atoms with Gasteiger partial charge < -0.3 is 15.0 Å². The van der Waals surface area contributed by atoms with Gasteiger partial charge in [0, 0.05) is 12.6 Å². The molecule has 1 saturated carbocycles. The summed E-state index contributed by atoms with van der Waals surface area (Å²) in [5.41, 5.74) is 8.59. The molecule has 0 unspecified atom stereocenters. The van der Waals surface area contributed by atoms with E-state index in [1.807, 2.05) is 12.1 Å². The molecule has 1 aliphatic rings. The number of ether oxygens (including phenoxy) is 1. The first-order valence-corrected chi connectivity index (χ1v) is 7.47. The largest absolute Gasteiger partial charge is 0.497 e. The van der Waals surface area contributed by atoms with Gasteiger partial charge in [0.05, 0.1) is 18.1 Å². The average Bonchev–Trinajstić information content (AvgIpc) is 3.05. The standard InChI is InChI=1S/C16H23N3O/c1-3-16(8-4-5-9-16)11-19-14-7-6-12(20-2)10-13(14)18-15(19)17/h6-7,10H,3-5,8-9,11H2,1-2H3,(H2,17,18). The predicted molar refractivity (Wildman–Crippen MR) is 81.9 cm³/mol. The lowest BCUT2D eigenvalue weighted by Gasteiger charge is -2.28. The minimum Gasteiger partial charge on any atom is -0.497 e. The Bertz CT molecular complexity index is 611. The first-order chi connectivity index (χ1) is 9.67. The lowest BCUT2D eigenvalue weighted by Crippen LogP contribution is -2.23. The molecule has 0 amide bonds. The molecule has 4 nitrogen and oxygen atoms in total. The van der Waals surface area contributed by atoms with Crippen LogP contribution in [0.1, 0.15) is 39.0 Å². The van der Waals surface area contributed by atoms with E-state index in [1.165, 1.54) is 32.1 Å². The number of anilines is 1. The summed E-state index contributed by atoms with van der Waals surface area (Å²) in [6, 6.07) is 6.00. The molecule has 0 radical (unpaired) electrons. The predicted octanol–water partition coefficient (Wildman–Crippen LogP) is 3.60. The Hall–Kier alpha value is -1.71. The molecule has 108 valence electrons. The summed E-state index contributed by atoms with van der Waals surface area (Å²) in [6.07, 6.45) is 6.50. The van der Waals surface area contributed by atoms with Gasteiger partial charge in [-0.15, -0.1) is 0 Å². The third-order valence-electron chi connectivity index (χ3n) is 4.89. The number of nitrogen functional groups attached to an aromatic ring is 1. The maximum Gasteiger partial charge on any atom is 0.201 e. The van der Waals surface area contributed by atoms with Gasteiger partial charge in [-0.05, 0) is 36.8 Å². The van der Waals surface area contributed by atoms with Crippen LogP contribution in [0.4, 0.5) is 5.95 Å². The van der Waals surface area contributed by atoms with Crippen molar-refractivity contribution in [2.75, 3.05) is 12.8 Å². The summed E-state index contributed by atoms with van der Waals surface area (Å²) in [5, 5.41) is 0. The zero-order chi connectivity index (χ0) is 14.2. The van der Waals surface area contributed by atoms with E-state index in [1.54, 1.807) is 7.11 Å². The second-order valence-corrected chi connectivity index (χ2v) is 5.97. The van der Waals surface area contributed by atoms with Crippen LogP contribution in [0.3, 0.4) is 0 Å². The summed E-state index contributed by atoms with van der Waals surface area (Å²) in [5.74, 6) is 1.45. The Kier molecular flexibility index (Phi) is 3.32. The van der Waals surface area contributed by atoms with E-state index in [0.717, 1.165) is 23.3 Å². The molecule has 3 rings (SSSR count). The van der Waals surface area contributed by atoms with Crippen LogP contribution in [0.2, 0.25) is 0 Å². The maximum atomic E-state index is 6.15. The fourth-order valence-electron chi connectivity index (χ4n) is 3.51. The van der Waals surface area contributed by atoms with Crippen LogP contribution in [0, 0.1) is 5.41 Å². The van der Waals surface area contributed by atoms with Gasteiger partial charge in [0.15, 0.2) is 0 Å². The number of aromatic nitrogens is 2. The first-order valence-electron chi connectivity index (χ1n) is 7.47. The van der Waals surface area contributed by atoms with Crippen molar-refractivity contribution < 1.29 is 4.74 Å². The fourth-order valence-corrected chi connectivity index (χ4v) is 3.51. The molecule has 0 aliphatic heterocycles. The van der Waals surface area contributed by atoms with Crippen molar-refractivity contribution in [3.8, 4) is 5.75 Å². The molecule has 0 bridgehead atoms. The van der Waals surface area contributed by atoms with Gasteiger partial charge in [-0.1, -0.05) is 19.8 Å². The molecule has 0 atom stereocenters. The summed E-state index contributed by atoms with van der Waals surface area (Å²) < 4.78 is 7.44. The molecule has 2 N–H and O–H groups in total. The number of benzene rings is 1. The Balaban J connectivity index is 2.00. The second kappa shape index (κ2) is 5.00. The molecule has 0 saturated heterocycles. The van der Waals surface area contributed by atoms with Crippen molar-refractivity contribution in [3.05, 3.63) is 18.2 Å². The number of nitrogens with two attached hydrogens (primary N) is 1. The normalized spacial score (nSPS) is 17.7. The van der Waals surface area contributed by atoms with Crippen molar-refractivity contribution in [3.63, 3.8) is 0 Å². The number of hydrogen-bond acceptors (Lipinski definition) is 3. The summed E-state index contributed by atoms with van der Waals surface area (Å²) in [7, 11) is 1.67. The maximum absolute atomic E-state index is 6.15. The molecule has 1 aliphatic carbocycles. The number of hydrogen-bond donors (Lipinski definition) is 1. The Morgan fingerprint density at radius 1 is 1.35 bits per heavy atom. The van der Waals surface area contributed by atoms with Crippen LogP contribution >= 0.6 is 0 Å². The molecule has 1 aromatic heterocycles. The van der Waals surface area contributed by atoms with E-state index in [4.69, 9.17) is 10.5 Å². The van der Waals surface area contributed by atoms with Crippen LogP contribution in [0.15, 0.2) is 18.2 Å². The van der Waals surface area contributed by atoms with Gasteiger partial charge >= 0.3 is 0 Å². The number of nitrogens with zero attached hydrogens (tertiary/aromatic N) is 2. The third kappa shape index (κ3) is 2.13. The van der Waals surface area contributed by atoms with Gasteiger partial charge in [0.2, 0.25) is 5.95 Å². The van der Waals surface area contributed by atoms with Gasteiger partial charge in [-0.25, -0.2) is 4.98 Å². The second-order valence-electron chi connectivity index (χ2n) is 5.97. The van der Waals surface area contributed by atoms with Crippen molar-refractivity contribution in [2.45, 2.75) is 45.6 Å². The number of imidazole rings is 1. The summed E-state index contributed by atoms with van der Waals surface area (Å²) >= 11 is 0. The monoisotopic (exact) mass is 273 g/mol. The zero-order valence-electron chi connectivity index (χ0n) is 12.4. The van der Waals surface area contributed by atoms with Gasteiger partial charge in [0.1, 0.15) is 5.75 Å². The van der Waals surface area contributed by atoms with Crippen LogP contribution in [0.5, 0.6) is 5.75 Å². The first kappa shape index (κ1) is 13.3. The lowest BCUT2D eigenvalue weighted by molar-refractivity contribution is 0.242. The van der Waals surface area contributed by atoms with E-state index in [2.05, 4.69) is 22.5 Å². The van der Waals surface area contributed by atoms with Gasteiger partial charge in [0.25, 0.3) is 0 Å². The zero-order valence-corrected chi connectivity index (χ0v) is 12.4. The van der Waals surface area contributed by atoms with E-state index in [-0.39, 0.29) is 0 Å². The third-order valence-corrected chi connectivity index (χ3v) is 4.89. The van der Waals surface area contributed by atoms with Crippen molar-refractivity contribution in [1.82, 2.24) is 9.55 Å². The van der Waals surface area contributed by atoms with E-state index < -0.39 is 0 Å². The highest BCUT2D eigenvalue weighted by Gasteiger charge is 2.33. The Morgan fingerprint density at radius 3 is 2.75 bits per heavy atom. The minimum atomic E-state index is 0.404. The lowest BCUT2D eigenvalue weighted by atomic mass is 9.83. The average molecular weight is 273 g/mol. The highest BCUT2D eigenvalue weighted by atomic mass is 16.5. The van der Waals surface area contributed by atoms with Gasteiger partial charge in [-0.3, -0.25) is 0 Å². The molecule has 20 heavy (non-hydrogen) atoms. The van der Waals surface area contributed by atoms with Gasteiger partial charge in [-0.2, -0.15) is 0 Å². The molecular weight excluding hydrogens is 250 g/mol.